The van der Waals surface area contributed by atoms with Crippen molar-refractivity contribution in [3.05, 3.63) is 77.3 Å². The van der Waals surface area contributed by atoms with E-state index >= 15 is 0 Å². The summed E-state index contributed by atoms with van der Waals surface area (Å²) in [5.74, 6) is 0. The summed E-state index contributed by atoms with van der Waals surface area (Å²) in [6.45, 7) is 0. The van der Waals surface area contributed by atoms with Gasteiger partial charge in [-0.2, -0.15) is 0 Å². The molecule has 4 rings (SSSR count). The average molecular weight is 261 g/mol. The Hall–Kier alpha value is -2.88. The van der Waals surface area contributed by atoms with Gasteiger partial charge in [-0.1, -0.05) is 24.3 Å². The zero-order valence-corrected chi connectivity index (χ0v) is 10.0. The van der Waals surface area contributed by atoms with Crippen molar-refractivity contribution in [2.24, 2.45) is 0 Å². The standard InChI is InChI=1S/C16H5O4/c17-13-7-3-1-4-8-11(7)12-9(15(13)19)5-2-6-10(12)16(20)14(8)18/h1-5H. The Kier molecular flexibility index (Phi) is 1.85. The molecule has 4 nitrogen and oxygen atoms in total. The van der Waals surface area contributed by atoms with Gasteiger partial charge in [-0.3, -0.25) is 19.2 Å². The molecule has 2 aromatic rings. The molecule has 0 N–H and O–H groups in total. The molecule has 0 atom stereocenters. The molecular weight excluding hydrogens is 256 g/mol. The van der Waals surface area contributed by atoms with Crippen LogP contribution in [-0.2, 0) is 0 Å². The van der Waals surface area contributed by atoms with E-state index in [1.54, 1.807) is 0 Å². The fourth-order valence-electron chi connectivity index (χ4n) is 2.81. The lowest BCUT2D eigenvalue weighted by Crippen LogP contribution is -2.31. The van der Waals surface area contributed by atoms with Crippen LogP contribution in [-0.4, -0.2) is 0 Å². The summed E-state index contributed by atoms with van der Waals surface area (Å²) < 4.78 is 0. The van der Waals surface area contributed by atoms with Gasteiger partial charge >= 0.3 is 0 Å². The van der Waals surface area contributed by atoms with E-state index in [0.29, 0.717) is 11.1 Å². The second kappa shape index (κ2) is 3.36. The Morgan fingerprint density at radius 1 is 0.650 bits per heavy atom. The van der Waals surface area contributed by atoms with Crippen LogP contribution in [0.5, 0.6) is 0 Å². The van der Waals surface area contributed by atoms with E-state index in [0.717, 1.165) is 0 Å². The smallest absolute Gasteiger partial charge is 0.234 e. The van der Waals surface area contributed by atoms with Crippen LogP contribution in [0.3, 0.4) is 0 Å². The van der Waals surface area contributed by atoms with Gasteiger partial charge in [0.15, 0.2) is 0 Å². The predicted octanol–water partition coefficient (Wildman–Crippen LogP) is 0.652. The molecule has 2 aliphatic rings. The first-order valence-corrected chi connectivity index (χ1v) is 5.97. The first-order chi connectivity index (χ1) is 9.61. The Bertz CT molecular complexity index is 984. The highest BCUT2D eigenvalue weighted by atomic mass is 16.2. The quantitative estimate of drug-likeness (QED) is 0.344. The summed E-state index contributed by atoms with van der Waals surface area (Å²) in [6.07, 6.45) is 0. The van der Waals surface area contributed by atoms with E-state index in [-0.39, 0.29) is 21.5 Å². The van der Waals surface area contributed by atoms with Gasteiger partial charge in [0, 0.05) is 32.7 Å². The summed E-state index contributed by atoms with van der Waals surface area (Å²) >= 11 is 0. The molecule has 0 saturated heterocycles. The molecule has 0 aliphatic heterocycles. The number of hydrogen-bond acceptors (Lipinski definition) is 4. The Balaban J connectivity index is 2.65. The maximum atomic E-state index is 12.1. The summed E-state index contributed by atoms with van der Waals surface area (Å²) in [6, 6.07) is 10.1. The minimum atomic E-state index is -0.686. The third-order valence-corrected chi connectivity index (χ3v) is 3.68. The van der Waals surface area contributed by atoms with Crippen molar-refractivity contribution in [1.29, 1.82) is 0 Å². The maximum absolute atomic E-state index is 12.1. The Morgan fingerprint density at radius 2 is 1.20 bits per heavy atom. The minimum absolute atomic E-state index is 0.0771. The molecule has 0 amide bonds. The third-order valence-electron chi connectivity index (χ3n) is 3.68. The zero-order chi connectivity index (χ0) is 14.0. The van der Waals surface area contributed by atoms with Gasteiger partial charge in [-0.25, -0.2) is 0 Å². The molecule has 0 aromatic heterocycles. The molecule has 0 unspecified atom stereocenters. The molecule has 4 heteroatoms. The zero-order valence-electron chi connectivity index (χ0n) is 10.0. The van der Waals surface area contributed by atoms with Gasteiger partial charge in [0.2, 0.25) is 21.7 Å². The molecule has 0 spiro atoms. The van der Waals surface area contributed by atoms with Gasteiger partial charge in [0.1, 0.15) is 0 Å². The molecule has 20 heavy (non-hydrogen) atoms. The highest BCUT2D eigenvalue weighted by Gasteiger charge is 2.23. The number of rotatable bonds is 0. The fraction of sp³-hybridized carbons (Fsp3) is 0. The third kappa shape index (κ3) is 1.07. The number of hydrogen-bond donors (Lipinski definition) is 0. The van der Waals surface area contributed by atoms with Crippen LogP contribution in [0.1, 0.15) is 0 Å². The van der Waals surface area contributed by atoms with E-state index in [1.165, 1.54) is 30.3 Å². The Morgan fingerprint density at radius 3 is 1.85 bits per heavy atom. The van der Waals surface area contributed by atoms with Crippen LogP contribution in [0, 0.1) is 6.07 Å². The van der Waals surface area contributed by atoms with E-state index in [4.69, 9.17) is 0 Å². The van der Waals surface area contributed by atoms with Gasteiger partial charge in [-0.05, 0) is 12.1 Å². The van der Waals surface area contributed by atoms with Crippen LogP contribution in [0.4, 0.5) is 0 Å². The molecular formula is C16H5O4. The maximum Gasteiger partial charge on any atom is 0.234 e. The molecule has 0 heterocycles. The van der Waals surface area contributed by atoms with Crippen molar-refractivity contribution in [2.45, 2.75) is 0 Å². The van der Waals surface area contributed by atoms with Crippen molar-refractivity contribution in [3.8, 4) is 11.1 Å². The lowest BCUT2D eigenvalue weighted by atomic mass is 9.87. The van der Waals surface area contributed by atoms with Gasteiger partial charge in [0.05, 0.1) is 0 Å². The van der Waals surface area contributed by atoms with Gasteiger partial charge in [-0.15, -0.1) is 0 Å². The lowest BCUT2D eigenvalue weighted by Gasteiger charge is -2.12. The van der Waals surface area contributed by atoms with Gasteiger partial charge < -0.3 is 0 Å². The summed E-state index contributed by atoms with van der Waals surface area (Å²) in [5.41, 5.74) is -1.88. The summed E-state index contributed by atoms with van der Waals surface area (Å²) in [4.78, 5) is 48.4. The highest BCUT2D eigenvalue weighted by Crippen LogP contribution is 2.33. The van der Waals surface area contributed by atoms with E-state index in [2.05, 4.69) is 6.07 Å². The van der Waals surface area contributed by atoms with E-state index in [1.807, 2.05) is 0 Å². The molecule has 93 valence electrons. The van der Waals surface area contributed by atoms with Crippen LogP contribution < -0.4 is 21.7 Å². The predicted molar refractivity (Wildman–Crippen MR) is 75.6 cm³/mol. The number of benzene rings is 4. The average Bonchev–Trinajstić information content (AvgIpc) is 2.48. The first kappa shape index (κ1) is 11.0. The minimum Gasteiger partial charge on any atom is -0.285 e. The normalized spacial score (nSPS) is 11.8. The van der Waals surface area contributed by atoms with E-state index < -0.39 is 21.7 Å². The molecule has 2 aliphatic carbocycles. The van der Waals surface area contributed by atoms with Crippen molar-refractivity contribution >= 4 is 21.5 Å². The second-order valence-corrected chi connectivity index (χ2v) is 4.69. The van der Waals surface area contributed by atoms with Crippen molar-refractivity contribution in [2.75, 3.05) is 0 Å². The van der Waals surface area contributed by atoms with Crippen molar-refractivity contribution in [3.63, 3.8) is 0 Å². The van der Waals surface area contributed by atoms with Crippen LogP contribution >= 0.6 is 0 Å². The molecule has 0 bridgehead atoms. The molecule has 0 saturated carbocycles. The van der Waals surface area contributed by atoms with Crippen molar-refractivity contribution < 1.29 is 0 Å². The second-order valence-electron chi connectivity index (χ2n) is 4.69. The summed E-state index contributed by atoms with van der Waals surface area (Å²) in [5, 5.41) is 0.612. The Labute approximate surface area is 110 Å². The van der Waals surface area contributed by atoms with Gasteiger partial charge in [0.25, 0.3) is 0 Å². The van der Waals surface area contributed by atoms with Crippen LogP contribution in [0.25, 0.3) is 32.7 Å². The van der Waals surface area contributed by atoms with Crippen LogP contribution in [0.15, 0.2) is 49.5 Å². The molecule has 0 fully saturated rings. The monoisotopic (exact) mass is 261 g/mol. The molecule has 1 radical (unpaired) electrons. The fourth-order valence-corrected chi connectivity index (χ4v) is 2.81. The molecule has 2 aromatic carbocycles. The first-order valence-electron chi connectivity index (χ1n) is 5.97. The summed E-state index contributed by atoms with van der Waals surface area (Å²) in [7, 11) is 0. The van der Waals surface area contributed by atoms with Crippen molar-refractivity contribution in [1.82, 2.24) is 0 Å². The topological polar surface area (TPSA) is 68.3 Å². The SMILES string of the molecule is O=c1c(=O)c2cccc3c2-c2c1[c]ccc2c(=O)c3=O. The largest absolute Gasteiger partial charge is 0.285 e. The lowest BCUT2D eigenvalue weighted by molar-refractivity contribution is 1.50. The van der Waals surface area contributed by atoms with E-state index in [9.17, 15) is 19.2 Å². The van der Waals surface area contributed by atoms with Crippen LogP contribution in [0.2, 0.25) is 0 Å². The highest BCUT2D eigenvalue weighted by molar-refractivity contribution is 6.10.